The minimum atomic E-state index is -1.78. The van der Waals surface area contributed by atoms with Gasteiger partial charge < -0.3 is 64.2 Å². The van der Waals surface area contributed by atoms with Gasteiger partial charge in [0.15, 0.2) is 18.7 Å². The minimum absolute atomic E-state index is 0.0692. The monoisotopic (exact) mass is 798 g/mol. The van der Waals surface area contributed by atoms with Crippen LogP contribution in [0.15, 0.2) is 60.8 Å². The predicted octanol–water partition coefficient (Wildman–Crippen LogP) is 2.58. The van der Waals surface area contributed by atoms with E-state index in [2.05, 4.69) is 50.3 Å². The molecule has 2 saturated heterocycles. The first-order valence-electron chi connectivity index (χ1n) is 19.9. The second-order valence-corrected chi connectivity index (χ2v) is 13.7. The van der Waals surface area contributed by atoms with Crippen LogP contribution < -0.4 is 0 Å². The molecule has 2 aliphatic rings. The van der Waals surface area contributed by atoms with E-state index in [1.807, 2.05) is 18.2 Å². The van der Waals surface area contributed by atoms with Crippen LogP contribution in [-0.4, -0.2) is 142 Å². The number of esters is 2. The molecule has 0 saturated carbocycles. The summed E-state index contributed by atoms with van der Waals surface area (Å²) in [5.41, 5.74) is 0. The molecule has 15 nitrogen and oxygen atoms in total. The Balaban J connectivity index is 1.92. The SMILES string of the molecule is CC/C=C\C/C=C\C/C=C\C/C=C\C/C=C\CC(=O)OC(COC(=O)CCCCCCC)COC1OC(COC2OC(CO)C(O)C(O)C2O)C(O)C(O)C1O. The first kappa shape index (κ1) is 49.3. The maximum Gasteiger partial charge on any atom is 0.310 e. The summed E-state index contributed by atoms with van der Waals surface area (Å²) in [6.07, 6.45) is 12.2. The van der Waals surface area contributed by atoms with Gasteiger partial charge in [-0.3, -0.25) is 9.59 Å². The third kappa shape index (κ3) is 19.1. The summed E-state index contributed by atoms with van der Waals surface area (Å²) in [7, 11) is 0. The molecule has 7 N–H and O–H groups in total. The number of carbonyl (C=O) groups excluding carboxylic acids is 2. The van der Waals surface area contributed by atoms with Gasteiger partial charge in [-0.05, 0) is 38.5 Å². The van der Waals surface area contributed by atoms with Crippen LogP contribution in [0.1, 0.15) is 90.9 Å². The molecule has 2 rings (SSSR count). The Morgan fingerprint density at radius 3 is 1.68 bits per heavy atom. The van der Waals surface area contributed by atoms with E-state index >= 15 is 0 Å². The van der Waals surface area contributed by atoms with Crippen molar-refractivity contribution in [2.45, 2.75) is 158 Å². The van der Waals surface area contributed by atoms with Gasteiger partial charge in [-0.15, -0.1) is 0 Å². The lowest BCUT2D eigenvalue weighted by atomic mass is 9.98. The third-order valence-electron chi connectivity index (χ3n) is 9.04. The fourth-order valence-corrected chi connectivity index (χ4v) is 5.70. The molecule has 56 heavy (non-hydrogen) atoms. The molecule has 0 bridgehead atoms. The lowest BCUT2D eigenvalue weighted by Gasteiger charge is -2.42. The molecule has 11 unspecified atom stereocenters. The summed E-state index contributed by atoms with van der Waals surface area (Å²) in [4.78, 5) is 25.2. The first-order chi connectivity index (χ1) is 27.0. The number of ether oxygens (including phenoxy) is 6. The molecule has 0 aliphatic carbocycles. The zero-order chi connectivity index (χ0) is 41.1. The predicted molar refractivity (Wildman–Crippen MR) is 206 cm³/mol. The highest BCUT2D eigenvalue weighted by Gasteiger charge is 2.47. The number of allylic oxidation sites excluding steroid dienone is 9. The van der Waals surface area contributed by atoms with Crippen molar-refractivity contribution in [2.24, 2.45) is 0 Å². The Morgan fingerprint density at radius 2 is 1.11 bits per heavy atom. The van der Waals surface area contributed by atoms with Crippen LogP contribution in [-0.2, 0) is 38.0 Å². The Morgan fingerprint density at radius 1 is 0.589 bits per heavy atom. The summed E-state index contributed by atoms with van der Waals surface area (Å²) >= 11 is 0. The summed E-state index contributed by atoms with van der Waals surface area (Å²) in [5, 5.41) is 71.4. The Hall–Kier alpha value is -2.80. The smallest absolute Gasteiger partial charge is 0.310 e. The number of carbonyl (C=O) groups is 2. The second-order valence-electron chi connectivity index (χ2n) is 13.7. The van der Waals surface area contributed by atoms with Crippen molar-refractivity contribution in [3.63, 3.8) is 0 Å². The minimum Gasteiger partial charge on any atom is -0.462 e. The highest BCUT2D eigenvalue weighted by atomic mass is 16.7. The number of unbranched alkanes of at least 4 members (excludes halogenated alkanes) is 4. The highest BCUT2D eigenvalue weighted by molar-refractivity contribution is 5.71. The first-order valence-corrected chi connectivity index (χ1v) is 19.9. The maximum absolute atomic E-state index is 12.8. The van der Waals surface area contributed by atoms with Crippen molar-refractivity contribution < 1.29 is 73.8 Å². The normalized spacial score (nSPS) is 29.3. The fourth-order valence-electron chi connectivity index (χ4n) is 5.70. The molecule has 2 fully saturated rings. The molecule has 2 heterocycles. The largest absolute Gasteiger partial charge is 0.462 e. The number of hydrogen-bond acceptors (Lipinski definition) is 15. The van der Waals surface area contributed by atoms with Crippen molar-refractivity contribution in [3.8, 4) is 0 Å². The van der Waals surface area contributed by atoms with Crippen molar-refractivity contribution >= 4 is 11.9 Å². The van der Waals surface area contributed by atoms with Gasteiger partial charge in [0.1, 0.15) is 55.4 Å². The summed E-state index contributed by atoms with van der Waals surface area (Å²) in [6, 6.07) is 0. The van der Waals surface area contributed by atoms with Crippen LogP contribution in [0.2, 0.25) is 0 Å². The van der Waals surface area contributed by atoms with E-state index in [-0.39, 0.29) is 19.4 Å². The van der Waals surface area contributed by atoms with Crippen molar-refractivity contribution in [1.29, 1.82) is 0 Å². The van der Waals surface area contributed by atoms with Crippen molar-refractivity contribution in [3.05, 3.63) is 60.8 Å². The van der Waals surface area contributed by atoms with Crippen LogP contribution in [0.5, 0.6) is 0 Å². The van der Waals surface area contributed by atoms with Gasteiger partial charge in [-0.1, -0.05) is 100 Å². The molecular formula is C41H66O15. The van der Waals surface area contributed by atoms with Crippen LogP contribution in [0.3, 0.4) is 0 Å². The summed E-state index contributed by atoms with van der Waals surface area (Å²) in [6.45, 7) is 2.20. The highest BCUT2D eigenvalue weighted by Crippen LogP contribution is 2.26. The average Bonchev–Trinajstić information content (AvgIpc) is 3.19. The fraction of sp³-hybridized carbons (Fsp3) is 0.707. The van der Waals surface area contributed by atoms with Crippen LogP contribution in [0, 0.1) is 0 Å². The molecule has 0 amide bonds. The standard InChI is InChI=1S/C41H66O15/c1-3-5-7-9-10-11-12-13-14-15-16-17-18-20-22-24-33(44)54-29(26-51-32(43)23-21-19-8-6-4-2)27-52-40-39(50)37(48)35(46)31(56-40)28-53-41-38(49)36(47)34(45)30(25-42)55-41/h5,7,10-11,13-14,16-17,20,22,29-31,34-42,45-50H,3-4,6,8-9,12,15,18-19,21,23-28H2,1-2H3/b7-5-,11-10-,14-13-,17-16-,22-20-. The molecule has 2 aliphatic heterocycles. The molecule has 0 radical (unpaired) electrons. The van der Waals surface area contributed by atoms with E-state index in [1.165, 1.54) is 0 Å². The molecule has 0 aromatic rings. The van der Waals surface area contributed by atoms with E-state index in [9.17, 15) is 45.3 Å². The number of rotatable bonds is 27. The second kappa shape index (κ2) is 29.4. The van der Waals surface area contributed by atoms with Gasteiger partial charge in [0.25, 0.3) is 0 Å². The molecule has 0 spiro atoms. The molecule has 15 heteroatoms. The van der Waals surface area contributed by atoms with Gasteiger partial charge in [0.2, 0.25) is 0 Å². The lowest BCUT2D eigenvalue weighted by molar-refractivity contribution is -0.332. The van der Waals surface area contributed by atoms with E-state index in [1.54, 1.807) is 6.08 Å². The Bertz CT molecular complexity index is 1220. The van der Waals surface area contributed by atoms with Gasteiger partial charge in [-0.25, -0.2) is 0 Å². The molecule has 320 valence electrons. The summed E-state index contributed by atoms with van der Waals surface area (Å²) in [5.74, 6) is -1.10. The number of aliphatic hydroxyl groups excluding tert-OH is 7. The molecular weight excluding hydrogens is 732 g/mol. The van der Waals surface area contributed by atoms with Crippen molar-refractivity contribution in [1.82, 2.24) is 0 Å². The van der Waals surface area contributed by atoms with Gasteiger partial charge >= 0.3 is 11.9 Å². The van der Waals surface area contributed by atoms with Gasteiger partial charge in [0.05, 0.1) is 26.2 Å². The molecule has 0 aromatic heterocycles. The Labute approximate surface area is 330 Å². The van der Waals surface area contributed by atoms with E-state index < -0.39 is 99.3 Å². The van der Waals surface area contributed by atoms with E-state index in [4.69, 9.17) is 28.4 Å². The van der Waals surface area contributed by atoms with Crippen LogP contribution >= 0.6 is 0 Å². The lowest BCUT2D eigenvalue weighted by Crippen LogP contribution is -2.61. The van der Waals surface area contributed by atoms with E-state index in [0.29, 0.717) is 12.8 Å². The number of aliphatic hydroxyl groups is 7. The molecule has 0 aromatic carbocycles. The molecule has 11 atom stereocenters. The zero-order valence-corrected chi connectivity index (χ0v) is 32.8. The van der Waals surface area contributed by atoms with Crippen LogP contribution in [0.4, 0.5) is 0 Å². The summed E-state index contributed by atoms with van der Waals surface area (Å²) < 4.78 is 33.0. The topological polar surface area (TPSA) is 231 Å². The maximum atomic E-state index is 12.8. The van der Waals surface area contributed by atoms with Crippen molar-refractivity contribution in [2.75, 3.05) is 26.4 Å². The average molecular weight is 799 g/mol. The zero-order valence-electron chi connectivity index (χ0n) is 32.8. The quantitative estimate of drug-likeness (QED) is 0.0360. The van der Waals surface area contributed by atoms with Gasteiger partial charge in [0, 0.05) is 6.42 Å². The Kier molecular flexibility index (Phi) is 25.9. The third-order valence-corrected chi connectivity index (χ3v) is 9.04. The number of hydrogen-bond donors (Lipinski definition) is 7. The van der Waals surface area contributed by atoms with Gasteiger partial charge in [-0.2, -0.15) is 0 Å². The van der Waals surface area contributed by atoms with E-state index in [0.717, 1.165) is 51.4 Å². The van der Waals surface area contributed by atoms with Crippen LogP contribution in [0.25, 0.3) is 0 Å².